The van der Waals surface area contributed by atoms with Crippen molar-refractivity contribution in [2.24, 2.45) is 5.73 Å². The molecule has 2 aliphatic heterocycles. The lowest BCUT2D eigenvalue weighted by molar-refractivity contribution is -0.176. The molecule has 120 valence electrons. The number of aromatic amines is 1. The second kappa shape index (κ2) is 5.04. The molecule has 0 unspecified atom stereocenters. The number of fused-ring (bicyclic) bond motifs is 1. The largest absolute Gasteiger partial charge is 0.465 e. The van der Waals surface area contributed by atoms with E-state index in [-0.39, 0.29) is 17.4 Å². The van der Waals surface area contributed by atoms with Crippen LogP contribution in [0.15, 0.2) is 0 Å². The minimum atomic E-state index is -0.832. The number of amides is 1. The van der Waals surface area contributed by atoms with Crippen molar-refractivity contribution in [3.8, 4) is 0 Å². The maximum Gasteiger partial charge on any atom is 0.342 e. The summed E-state index contributed by atoms with van der Waals surface area (Å²) in [6.07, 6.45) is -1.30. The minimum Gasteiger partial charge on any atom is -0.465 e. The lowest BCUT2D eigenvalue weighted by atomic mass is 10.0. The molecule has 0 radical (unpaired) electrons. The smallest absolute Gasteiger partial charge is 0.342 e. The molecule has 9 heteroatoms. The molecule has 3 atom stereocenters. The molecule has 0 bridgehead atoms. The molecule has 0 spiro atoms. The molecule has 0 aromatic carbocycles. The van der Waals surface area contributed by atoms with Crippen molar-refractivity contribution < 1.29 is 28.5 Å². The molecular weight excluding hydrogens is 294 g/mol. The molecule has 3 heterocycles. The summed E-state index contributed by atoms with van der Waals surface area (Å²) in [7, 11) is 1.21. The van der Waals surface area contributed by atoms with E-state index in [0.29, 0.717) is 12.3 Å². The Morgan fingerprint density at radius 3 is 2.77 bits per heavy atom. The quantitative estimate of drug-likeness (QED) is 0.746. The van der Waals surface area contributed by atoms with Crippen molar-refractivity contribution >= 4 is 11.9 Å². The number of hydrogen-bond acceptors (Lipinski definition) is 7. The Morgan fingerprint density at radius 1 is 1.41 bits per heavy atom. The minimum absolute atomic E-state index is 0.0334. The van der Waals surface area contributed by atoms with Crippen LogP contribution in [-0.2, 0) is 18.9 Å². The van der Waals surface area contributed by atoms with Gasteiger partial charge < -0.3 is 24.7 Å². The first-order valence-electron chi connectivity index (χ1n) is 6.77. The highest BCUT2D eigenvalue weighted by Gasteiger charge is 2.52. The standard InChI is InChI=1S/C13H17N3O6/c1-13(2)21-5-4-20-10(9(5)22-13)7-6(12(18)19-3)8(11(14)17)16-15-7/h5,9-10H,4H2,1-3H3,(H2,14,17)(H,15,16)/t5-,9-,10-/m1/s1. The zero-order chi connectivity index (χ0) is 16.1. The molecule has 1 aromatic rings. The van der Waals surface area contributed by atoms with Crippen molar-refractivity contribution in [1.82, 2.24) is 10.2 Å². The normalized spacial score (nSPS) is 29.3. The van der Waals surface area contributed by atoms with Gasteiger partial charge in [0.15, 0.2) is 11.5 Å². The topological polar surface area (TPSA) is 126 Å². The van der Waals surface area contributed by atoms with Gasteiger partial charge in [0.1, 0.15) is 23.9 Å². The first-order chi connectivity index (χ1) is 10.3. The number of primary amides is 1. The fraction of sp³-hybridized carbons (Fsp3) is 0.615. The zero-order valence-electron chi connectivity index (χ0n) is 12.4. The Hall–Kier alpha value is -1.97. The third-order valence-electron chi connectivity index (χ3n) is 3.66. The van der Waals surface area contributed by atoms with Gasteiger partial charge in [-0.15, -0.1) is 0 Å². The summed E-state index contributed by atoms with van der Waals surface area (Å²) >= 11 is 0. The maximum atomic E-state index is 12.0. The van der Waals surface area contributed by atoms with E-state index in [1.807, 2.05) is 0 Å². The lowest BCUT2D eigenvalue weighted by Gasteiger charge is -2.21. The Morgan fingerprint density at radius 2 is 2.14 bits per heavy atom. The first kappa shape index (κ1) is 14.9. The van der Waals surface area contributed by atoms with Gasteiger partial charge in [-0.25, -0.2) is 4.79 Å². The zero-order valence-corrected chi connectivity index (χ0v) is 12.4. The van der Waals surface area contributed by atoms with Crippen LogP contribution in [-0.4, -0.2) is 53.8 Å². The van der Waals surface area contributed by atoms with E-state index in [1.54, 1.807) is 13.8 Å². The molecule has 2 aliphatic rings. The van der Waals surface area contributed by atoms with Crippen molar-refractivity contribution in [3.63, 3.8) is 0 Å². The van der Waals surface area contributed by atoms with Crippen molar-refractivity contribution in [1.29, 1.82) is 0 Å². The molecule has 22 heavy (non-hydrogen) atoms. The summed E-state index contributed by atoms with van der Waals surface area (Å²) in [5.74, 6) is -2.29. The number of H-pyrrole nitrogens is 1. The van der Waals surface area contributed by atoms with E-state index in [1.165, 1.54) is 7.11 Å². The molecule has 0 saturated carbocycles. The van der Waals surface area contributed by atoms with Crippen LogP contribution in [0.4, 0.5) is 0 Å². The van der Waals surface area contributed by atoms with Gasteiger partial charge in [0.2, 0.25) is 0 Å². The number of carbonyl (C=O) groups is 2. The van der Waals surface area contributed by atoms with Crippen LogP contribution >= 0.6 is 0 Å². The van der Waals surface area contributed by atoms with Crippen LogP contribution in [0.3, 0.4) is 0 Å². The molecule has 1 aromatic heterocycles. The molecule has 3 rings (SSSR count). The van der Waals surface area contributed by atoms with Crippen LogP contribution in [0.2, 0.25) is 0 Å². The lowest BCUT2D eigenvalue weighted by Crippen LogP contribution is -2.26. The second-order valence-electron chi connectivity index (χ2n) is 5.61. The van der Waals surface area contributed by atoms with Crippen LogP contribution < -0.4 is 5.73 Å². The number of carbonyl (C=O) groups excluding carboxylic acids is 2. The number of rotatable bonds is 3. The van der Waals surface area contributed by atoms with Crippen LogP contribution in [0.25, 0.3) is 0 Å². The summed E-state index contributed by atoms with van der Waals surface area (Å²) in [4.78, 5) is 23.4. The molecule has 3 N–H and O–H groups in total. The fourth-order valence-electron chi connectivity index (χ4n) is 2.84. The third-order valence-corrected chi connectivity index (χ3v) is 3.66. The van der Waals surface area contributed by atoms with Gasteiger partial charge in [-0.2, -0.15) is 5.10 Å². The number of nitrogens with one attached hydrogen (secondary N) is 1. The Kier molecular flexibility index (Phi) is 3.42. The summed E-state index contributed by atoms with van der Waals surface area (Å²) in [6.45, 7) is 3.90. The molecule has 0 aliphatic carbocycles. The van der Waals surface area contributed by atoms with E-state index in [2.05, 4.69) is 10.2 Å². The van der Waals surface area contributed by atoms with E-state index < -0.39 is 29.9 Å². The monoisotopic (exact) mass is 311 g/mol. The number of esters is 1. The van der Waals surface area contributed by atoms with Crippen LogP contribution in [0, 0.1) is 0 Å². The molecule has 1 amide bonds. The average molecular weight is 311 g/mol. The summed E-state index contributed by atoms with van der Waals surface area (Å²) < 4.78 is 21.9. The van der Waals surface area contributed by atoms with Crippen molar-refractivity contribution in [2.45, 2.75) is 37.9 Å². The van der Waals surface area contributed by atoms with Crippen LogP contribution in [0.5, 0.6) is 0 Å². The van der Waals surface area contributed by atoms with Gasteiger partial charge >= 0.3 is 5.97 Å². The number of hydrogen-bond donors (Lipinski definition) is 2. The van der Waals surface area contributed by atoms with Gasteiger partial charge in [0, 0.05) is 0 Å². The predicted molar refractivity (Wildman–Crippen MR) is 71.0 cm³/mol. The molecule has 9 nitrogen and oxygen atoms in total. The summed E-state index contributed by atoms with van der Waals surface area (Å²) in [5.41, 5.74) is 5.32. The Balaban J connectivity index is 1.99. The highest BCUT2D eigenvalue weighted by molar-refractivity contribution is 6.04. The third kappa shape index (κ3) is 2.27. The summed E-state index contributed by atoms with van der Waals surface area (Å²) in [6, 6.07) is 0. The Labute approximate surface area is 126 Å². The van der Waals surface area contributed by atoms with Gasteiger partial charge in [0.25, 0.3) is 5.91 Å². The van der Waals surface area contributed by atoms with Crippen molar-refractivity contribution in [2.75, 3.05) is 13.7 Å². The van der Waals surface area contributed by atoms with Crippen LogP contribution in [0.1, 0.15) is 46.5 Å². The fourth-order valence-corrected chi connectivity index (χ4v) is 2.84. The Bertz CT molecular complexity index is 625. The average Bonchev–Trinajstić information content (AvgIpc) is 3.08. The highest BCUT2D eigenvalue weighted by atomic mass is 16.8. The first-order valence-corrected chi connectivity index (χ1v) is 6.77. The molecule has 2 fully saturated rings. The summed E-state index contributed by atoms with van der Waals surface area (Å²) in [5, 5.41) is 6.44. The van der Waals surface area contributed by atoms with Gasteiger partial charge in [-0.3, -0.25) is 9.89 Å². The number of nitrogens with zero attached hydrogens (tertiary/aromatic N) is 1. The van der Waals surface area contributed by atoms with E-state index in [0.717, 1.165) is 0 Å². The van der Waals surface area contributed by atoms with E-state index in [4.69, 9.17) is 24.7 Å². The SMILES string of the molecule is COC(=O)c1c(C(N)=O)n[nH]c1[C@H]1OC[C@H]2OC(C)(C)O[C@@H]12. The highest BCUT2D eigenvalue weighted by Crippen LogP contribution is 2.42. The van der Waals surface area contributed by atoms with Gasteiger partial charge in [-0.05, 0) is 13.8 Å². The van der Waals surface area contributed by atoms with E-state index in [9.17, 15) is 9.59 Å². The number of ether oxygens (including phenoxy) is 4. The molecular formula is C13H17N3O6. The maximum absolute atomic E-state index is 12.0. The van der Waals surface area contributed by atoms with Gasteiger partial charge in [-0.1, -0.05) is 0 Å². The second-order valence-corrected chi connectivity index (χ2v) is 5.61. The molecule has 2 saturated heterocycles. The number of methoxy groups -OCH3 is 1. The van der Waals surface area contributed by atoms with E-state index >= 15 is 0 Å². The number of nitrogens with two attached hydrogens (primary N) is 1. The van der Waals surface area contributed by atoms with Crippen molar-refractivity contribution in [3.05, 3.63) is 17.0 Å². The number of aromatic nitrogens is 2. The van der Waals surface area contributed by atoms with Gasteiger partial charge in [0.05, 0.1) is 19.4 Å². The predicted octanol–water partition coefficient (Wildman–Crippen LogP) is -0.113.